The molecule has 0 amide bonds. The third-order valence-electron chi connectivity index (χ3n) is 6.70. The molecule has 4 rings (SSSR count). The Bertz CT molecular complexity index is 1320. The molecule has 2 aromatic heterocycles. The van der Waals surface area contributed by atoms with E-state index in [9.17, 15) is 30.3 Å². The molecule has 38 heavy (non-hydrogen) atoms. The van der Waals surface area contributed by atoms with Gasteiger partial charge in [0.25, 0.3) is 0 Å². The first kappa shape index (κ1) is 28.2. The van der Waals surface area contributed by atoms with Crippen molar-refractivity contribution in [2.24, 2.45) is 0 Å². The number of furan rings is 1. The number of aliphatic hydroxyl groups excluding tert-OH is 4. The molecule has 0 unspecified atom stereocenters. The predicted octanol–water partition coefficient (Wildman–Crippen LogP) is 1.60. The number of ether oxygens (including phenoxy) is 3. The smallest absolute Gasteiger partial charge is 0.336 e. The molecular formula is C27H34O11. The Balaban J connectivity index is 1.42. The van der Waals surface area contributed by atoms with Crippen LogP contribution in [-0.4, -0.2) is 81.2 Å². The first-order valence-electron chi connectivity index (χ1n) is 12.4. The highest BCUT2D eigenvalue weighted by atomic mass is 16.7. The summed E-state index contributed by atoms with van der Waals surface area (Å²) in [6.07, 6.45) is -3.65. The topological polar surface area (TPSA) is 172 Å². The second-order valence-electron chi connectivity index (χ2n) is 10.1. The fraction of sp³-hybridized carbons (Fsp3) is 0.519. The van der Waals surface area contributed by atoms with Crippen molar-refractivity contribution in [2.45, 2.75) is 76.0 Å². The lowest BCUT2D eigenvalue weighted by Crippen LogP contribution is -2.60. The number of rotatable bonds is 10. The van der Waals surface area contributed by atoms with Gasteiger partial charge in [-0.2, -0.15) is 0 Å². The van der Waals surface area contributed by atoms with Crippen LogP contribution in [0.15, 0.2) is 55.8 Å². The first-order valence-corrected chi connectivity index (χ1v) is 12.4. The summed E-state index contributed by atoms with van der Waals surface area (Å²) in [5.74, 6) is 0.527. The molecule has 0 aliphatic carbocycles. The van der Waals surface area contributed by atoms with Gasteiger partial charge >= 0.3 is 5.63 Å². The highest BCUT2D eigenvalue weighted by molar-refractivity contribution is 6.01. The number of benzene rings is 1. The summed E-state index contributed by atoms with van der Waals surface area (Å²) >= 11 is 0. The van der Waals surface area contributed by atoms with Crippen LogP contribution in [0.5, 0.6) is 5.75 Å². The monoisotopic (exact) mass is 534 g/mol. The minimum Gasteiger partial charge on any atom is -0.488 e. The highest BCUT2D eigenvalue weighted by Gasteiger charge is 2.46. The predicted molar refractivity (Wildman–Crippen MR) is 136 cm³/mol. The summed E-state index contributed by atoms with van der Waals surface area (Å²) < 4.78 is 28.1. The minimum atomic E-state index is -1.57. The molecule has 1 saturated heterocycles. The van der Waals surface area contributed by atoms with Gasteiger partial charge in [0.1, 0.15) is 47.9 Å². The molecule has 1 aromatic carbocycles. The molecule has 6 atom stereocenters. The van der Waals surface area contributed by atoms with Crippen LogP contribution in [0.2, 0.25) is 0 Å². The van der Waals surface area contributed by atoms with E-state index in [0.29, 0.717) is 35.1 Å². The molecule has 1 fully saturated rings. The summed E-state index contributed by atoms with van der Waals surface area (Å²) in [7, 11) is 0. The maximum absolute atomic E-state index is 11.6. The van der Waals surface area contributed by atoms with Crippen LogP contribution in [0.3, 0.4) is 0 Å². The largest absolute Gasteiger partial charge is 0.488 e. The molecule has 0 radical (unpaired) electrons. The van der Waals surface area contributed by atoms with E-state index >= 15 is 0 Å². The number of fused-ring (bicyclic) bond motifs is 2. The molecule has 0 bridgehead atoms. The van der Waals surface area contributed by atoms with Crippen molar-refractivity contribution < 1.29 is 48.6 Å². The van der Waals surface area contributed by atoms with Crippen LogP contribution >= 0.6 is 0 Å². The van der Waals surface area contributed by atoms with Crippen LogP contribution < -0.4 is 10.4 Å². The van der Waals surface area contributed by atoms with E-state index in [1.165, 1.54) is 12.3 Å². The van der Waals surface area contributed by atoms with Gasteiger partial charge < -0.3 is 48.6 Å². The molecule has 0 spiro atoms. The maximum Gasteiger partial charge on any atom is 0.336 e. The SMILES string of the molecule is CC(=CCOc1c2ccoc2cc2oc(=O)ccc12)CC[C@H](O[C@@H]1O[C@H](CO)[C@@H](O)[C@H](O)[C@H]1O)C(C)(C)O. The Labute approximate surface area is 218 Å². The molecule has 5 N–H and O–H groups in total. The highest BCUT2D eigenvalue weighted by Crippen LogP contribution is 2.35. The minimum absolute atomic E-state index is 0.213. The van der Waals surface area contributed by atoms with Gasteiger partial charge in [-0.25, -0.2) is 4.79 Å². The second kappa shape index (κ2) is 11.5. The van der Waals surface area contributed by atoms with Crippen molar-refractivity contribution in [2.75, 3.05) is 13.2 Å². The lowest BCUT2D eigenvalue weighted by molar-refractivity contribution is -0.322. The normalized spacial score (nSPS) is 25.7. The number of aliphatic hydroxyl groups is 5. The summed E-state index contributed by atoms with van der Waals surface area (Å²) in [5.41, 5.74) is 0.0224. The van der Waals surface area contributed by atoms with Crippen molar-refractivity contribution >= 4 is 21.9 Å². The first-order chi connectivity index (χ1) is 18.0. The Morgan fingerprint density at radius 3 is 2.55 bits per heavy atom. The number of hydrogen-bond acceptors (Lipinski definition) is 11. The van der Waals surface area contributed by atoms with Crippen LogP contribution in [-0.2, 0) is 9.47 Å². The van der Waals surface area contributed by atoms with Gasteiger partial charge in [-0.15, -0.1) is 0 Å². The fourth-order valence-corrected chi connectivity index (χ4v) is 4.42. The van der Waals surface area contributed by atoms with E-state index in [2.05, 4.69) is 0 Å². The molecule has 0 saturated carbocycles. The summed E-state index contributed by atoms with van der Waals surface area (Å²) in [5, 5.41) is 51.8. The van der Waals surface area contributed by atoms with Crippen LogP contribution in [0, 0.1) is 0 Å². The van der Waals surface area contributed by atoms with Gasteiger partial charge in [0.2, 0.25) is 0 Å². The zero-order valence-electron chi connectivity index (χ0n) is 21.4. The number of hydrogen-bond donors (Lipinski definition) is 5. The molecule has 1 aliphatic rings. The van der Waals surface area contributed by atoms with Gasteiger partial charge in [0.15, 0.2) is 6.29 Å². The van der Waals surface area contributed by atoms with Gasteiger partial charge in [0.05, 0.1) is 35.3 Å². The van der Waals surface area contributed by atoms with E-state index < -0.39 is 54.6 Å². The van der Waals surface area contributed by atoms with Crippen molar-refractivity contribution in [1.82, 2.24) is 0 Å². The zero-order valence-corrected chi connectivity index (χ0v) is 21.4. The van der Waals surface area contributed by atoms with Crippen LogP contribution in [0.4, 0.5) is 0 Å². The number of allylic oxidation sites excluding steroid dienone is 1. The van der Waals surface area contributed by atoms with Gasteiger partial charge in [-0.1, -0.05) is 5.57 Å². The second-order valence-corrected chi connectivity index (χ2v) is 10.1. The van der Waals surface area contributed by atoms with Crippen LogP contribution in [0.25, 0.3) is 21.9 Å². The van der Waals surface area contributed by atoms with E-state index in [1.54, 1.807) is 32.0 Å². The third-order valence-corrected chi connectivity index (χ3v) is 6.70. The summed E-state index contributed by atoms with van der Waals surface area (Å²) in [6.45, 7) is 4.64. The van der Waals surface area contributed by atoms with Crippen molar-refractivity contribution in [1.29, 1.82) is 0 Å². The molecular weight excluding hydrogens is 500 g/mol. The average molecular weight is 535 g/mol. The Kier molecular flexibility index (Phi) is 8.58. The Morgan fingerprint density at radius 2 is 1.84 bits per heavy atom. The molecule has 3 aromatic rings. The Hall–Kier alpha value is -2.77. The van der Waals surface area contributed by atoms with Crippen molar-refractivity contribution in [3.63, 3.8) is 0 Å². The summed E-state index contributed by atoms with van der Waals surface area (Å²) in [6, 6.07) is 6.39. The lowest BCUT2D eigenvalue weighted by Gasteiger charge is -2.42. The molecule has 11 nitrogen and oxygen atoms in total. The van der Waals surface area contributed by atoms with E-state index in [4.69, 9.17) is 23.0 Å². The quantitative estimate of drug-likeness (QED) is 0.189. The Morgan fingerprint density at radius 1 is 1.11 bits per heavy atom. The maximum atomic E-state index is 11.6. The van der Waals surface area contributed by atoms with E-state index in [-0.39, 0.29) is 6.61 Å². The molecule has 3 heterocycles. The van der Waals surface area contributed by atoms with Gasteiger partial charge in [-0.3, -0.25) is 0 Å². The van der Waals surface area contributed by atoms with Gasteiger partial charge in [-0.05, 0) is 51.8 Å². The van der Waals surface area contributed by atoms with E-state index in [0.717, 1.165) is 11.0 Å². The zero-order chi connectivity index (χ0) is 27.6. The van der Waals surface area contributed by atoms with Crippen molar-refractivity contribution in [3.05, 3.63) is 52.6 Å². The average Bonchev–Trinajstić information content (AvgIpc) is 3.33. The third kappa shape index (κ3) is 6.10. The molecule has 1 aliphatic heterocycles. The lowest BCUT2D eigenvalue weighted by atomic mass is 9.94. The fourth-order valence-electron chi connectivity index (χ4n) is 4.42. The van der Waals surface area contributed by atoms with Gasteiger partial charge in [0, 0.05) is 12.1 Å². The molecule has 208 valence electrons. The molecule has 11 heteroatoms. The van der Waals surface area contributed by atoms with Crippen LogP contribution in [0.1, 0.15) is 33.6 Å². The van der Waals surface area contributed by atoms with Crippen molar-refractivity contribution in [3.8, 4) is 5.75 Å². The van der Waals surface area contributed by atoms with E-state index in [1.807, 2.05) is 13.0 Å². The summed E-state index contributed by atoms with van der Waals surface area (Å²) in [4.78, 5) is 11.6. The standard InChI is InChI=1S/C27H34O11/c1-14(4-6-20(27(2,3)33)38-26-24(32)23(31)22(30)19(13-28)37-26)8-10-35-25-15-5-7-21(29)36-18(15)12-17-16(25)9-11-34-17/h5,7-9,11-12,19-20,22-24,26,28,30-33H,4,6,10,13H2,1-3H3/t19-,20+,22-,23+,24-,26+/m1/s1.